The van der Waals surface area contributed by atoms with E-state index in [1.54, 1.807) is 18.2 Å². The highest BCUT2D eigenvalue weighted by Gasteiger charge is 2.27. The Balaban J connectivity index is 1.80. The average molecular weight is 488 g/mol. The summed E-state index contributed by atoms with van der Waals surface area (Å²) in [6.07, 6.45) is -1.54. The van der Waals surface area contributed by atoms with Crippen LogP contribution in [0.15, 0.2) is 63.9 Å². The zero-order valence-corrected chi connectivity index (χ0v) is 18.9. The van der Waals surface area contributed by atoms with Gasteiger partial charge in [0.1, 0.15) is 0 Å². The molecule has 1 unspecified atom stereocenters. The number of benzene rings is 2. The van der Waals surface area contributed by atoms with Gasteiger partial charge in [0.2, 0.25) is 11.9 Å². The van der Waals surface area contributed by atoms with E-state index in [1.807, 2.05) is 35.5 Å². The van der Waals surface area contributed by atoms with E-state index in [1.165, 1.54) is 11.9 Å². The Kier molecular flexibility index (Phi) is 8.23. The Morgan fingerprint density at radius 1 is 1.15 bits per heavy atom. The number of H-pyrrole nitrogens is 1. The van der Waals surface area contributed by atoms with Gasteiger partial charge in [-0.05, 0) is 28.8 Å². The van der Waals surface area contributed by atoms with Crippen LogP contribution in [0, 0.1) is 0 Å². The number of hydrogen-bond acceptors (Lipinski definition) is 7. The Morgan fingerprint density at radius 2 is 1.88 bits per heavy atom. The fourth-order valence-electron chi connectivity index (χ4n) is 3.04. The number of aromatic nitrogens is 1. The topological polar surface area (TPSA) is 142 Å². The van der Waals surface area contributed by atoms with Crippen LogP contribution in [0.5, 0.6) is 0 Å². The minimum absolute atomic E-state index is 0.00435. The predicted octanol–water partition coefficient (Wildman–Crippen LogP) is 2.84. The molecule has 0 aliphatic carbocycles. The zero-order valence-electron chi connectivity index (χ0n) is 18.1. The Bertz CT molecular complexity index is 1220. The second kappa shape index (κ2) is 11.3. The summed E-state index contributed by atoms with van der Waals surface area (Å²) in [5.74, 6) is -3.13. The molecule has 0 spiro atoms. The van der Waals surface area contributed by atoms with Crippen LogP contribution in [0.2, 0.25) is 5.02 Å². The van der Waals surface area contributed by atoms with Crippen LogP contribution >= 0.6 is 11.6 Å². The van der Waals surface area contributed by atoms with E-state index in [4.69, 9.17) is 20.9 Å². The molecule has 0 bridgehead atoms. The molecule has 178 valence electrons. The first-order valence-electron chi connectivity index (χ1n) is 10.3. The number of hydrazine groups is 1. The van der Waals surface area contributed by atoms with Crippen LogP contribution in [0.3, 0.4) is 0 Å². The maximum Gasteiger partial charge on any atom is 0.346 e. The van der Waals surface area contributed by atoms with Gasteiger partial charge in [0.25, 0.3) is 5.56 Å². The van der Waals surface area contributed by atoms with Gasteiger partial charge in [0.15, 0.2) is 0 Å². The number of nitrogens with zero attached hydrogens (tertiary/aromatic N) is 1. The van der Waals surface area contributed by atoms with E-state index < -0.39 is 29.5 Å². The summed E-state index contributed by atoms with van der Waals surface area (Å²) < 4.78 is 9.78. The van der Waals surface area contributed by atoms with E-state index in [-0.39, 0.29) is 25.3 Å². The highest BCUT2D eigenvalue weighted by atomic mass is 35.5. The number of aromatic amines is 1. The molecule has 10 nitrogen and oxygen atoms in total. The largest absolute Gasteiger partial charge is 0.478 e. The number of carbonyl (C=O) groups excluding carboxylic acids is 2. The molecule has 3 aromatic rings. The molecule has 1 heterocycles. The number of aliphatic carboxylic acids is 1. The number of hydrogen-bond donors (Lipinski definition) is 3. The van der Waals surface area contributed by atoms with Crippen molar-refractivity contribution < 1.29 is 28.8 Å². The van der Waals surface area contributed by atoms with Crippen molar-refractivity contribution in [3.05, 3.63) is 81.3 Å². The molecule has 0 saturated carbocycles. The van der Waals surface area contributed by atoms with Crippen LogP contribution in [-0.2, 0) is 20.9 Å². The van der Waals surface area contributed by atoms with Crippen LogP contribution in [0.4, 0.5) is 0 Å². The number of halogens is 1. The molecule has 1 atom stereocenters. The van der Waals surface area contributed by atoms with Crippen molar-refractivity contribution in [2.45, 2.75) is 26.0 Å². The summed E-state index contributed by atoms with van der Waals surface area (Å²) >= 11 is 6.06. The summed E-state index contributed by atoms with van der Waals surface area (Å²) in [4.78, 5) is 47.1. The minimum atomic E-state index is -1.53. The minimum Gasteiger partial charge on any atom is -0.478 e. The van der Waals surface area contributed by atoms with Gasteiger partial charge in [-0.15, -0.1) is 0 Å². The highest BCUT2D eigenvalue weighted by molar-refractivity contribution is 6.30. The first-order valence-corrected chi connectivity index (χ1v) is 10.6. The van der Waals surface area contributed by atoms with Crippen LogP contribution in [-0.4, -0.2) is 45.8 Å². The molecule has 0 saturated heterocycles. The maximum atomic E-state index is 12.5. The van der Waals surface area contributed by atoms with Gasteiger partial charge in [-0.2, -0.15) is 5.16 Å². The lowest BCUT2D eigenvalue weighted by Crippen LogP contribution is -2.48. The van der Waals surface area contributed by atoms with E-state index in [2.05, 4.69) is 5.43 Å². The fourth-order valence-corrected chi connectivity index (χ4v) is 3.23. The van der Waals surface area contributed by atoms with Crippen molar-refractivity contribution in [2.75, 3.05) is 6.54 Å². The first-order chi connectivity index (χ1) is 16.2. The highest BCUT2D eigenvalue weighted by Crippen LogP contribution is 2.23. The van der Waals surface area contributed by atoms with Crippen molar-refractivity contribution >= 4 is 29.4 Å². The number of ether oxygens (including phenoxy) is 1. The van der Waals surface area contributed by atoms with Crippen LogP contribution in [0.25, 0.3) is 11.1 Å². The third-order valence-electron chi connectivity index (χ3n) is 4.72. The monoisotopic (exact) mass is 487 g/mol. The molecule has 1 amide bonds. The third kappa shape index (κ3) is 6.80. The molecule has 3 N–H and O–H groups in total. The Hall–Kier alpha value is -3.89. The van der Waals surface area contributed by atoms with E-state index in [0.29, 0.717) is 5.02 Å². The lowest BCUT2D eigenvalue weighted by Gasteiger charge is -2.25. The van der Waals surface area contributed by atoms with E-state index in [9.17, 15) is 24.3 Å². The zero-order chi connectivity index (χ0) is 24.7. The standard InChI is InChI=1S/C23H22ClN3O7/c1-2-21(29)33-19(23(31)32)13-27(25-22(30)18-11-20(28)26-34-18)12-14-6-8-15(9-7-14)16-4-3-5-17(24)10-16/h3-11,19H,2,12-13H2,1H3,(H,25,30)(H,26,28)(H,31,32). The number of nitrogens with one attached hydrogen (secondary N) is 2. The lowest BCUT2D eigenvalue weighted by molar-refractivity contribution is -0.165. The number of carboxylic acids is 1. The second-order valence-corrected chi connectivity index (χ2v) is 7.71. The number of carboxylic acid groups (broad SMARTS) is 1. The number of amides is 1. The molecule has 0 radical (unpaired) electrons. The molecule has 3 rings (SSSR count). The van der Waals surface area contributed by atoms with Crippen molar-refractivity contribution in [1.29, 1.82) is 0 Å². The third-order valence-corrected chi connectivity index (χ3v) is 4.95. The molecule has 0 aliphatic heterocycles. The van der Waals surface area contributed by atoms with E-state index >= 15 is 0 Å². The normalized spacial score (nSPS) is 11.7. The van der Waals surface area contributed by atoms with Gasteiger partial charge < -0.3 is 14.4 Å². The molecule has 0 fully saturated rings. The van der Waals surface area contributed by atoms with E-state index in [0.717, 1.165) is 22.8 Å². The van der Waals surface area contributed by atoms with Gasteiger partial charge in [0.05, 0.1) is 12.6 Å². The van der Waals surface area contributed by atoms with Gasteiger partial charge in [-0.3, -0.25) is 19.8 Å². The molecule has 11 heteroatoms. The van der Waals surface area contributed by atoms with Gasteiger partial charge in [-0.25, -0.2) is 9.80 Å². The molecule has 1 aromatic heterocycles. The van der Waals surface area contributed by atoms with Crippen molar-refractivity contribution in [3.63, 3.8) is 0 Å². The fraction of sp³-hybridized carbons (Fsp3) is 0.217. The van der Waals surface area contributed by atoms with Crippen LogP contribution in [0.1, 0.15) is 29.5 Å². The average Bonchev–Trinajstić information content (AvgIpc) is 3.25. The quantitative estimate of drug-likeness (QED) is 0.293. The van der Waals surface area contributed by atoms with Gasteiger partial charge in [-0.1, -0.05) is 54.9 Å². The maximum absolute atomic E-state index is 12.5. The Labute approximate surface area is 199 Å². The lowest BCUT2D eigenvalue weighted by atomic mass is 10.0. The number of rotatable bonds is 10. The molecule has 34 heavy (non-hydrogen) atoms. The number of carbonyl (C=O) groups is 3. The summed E-state index contributed by atoms with van der Waals surface area (Å²) in [5, 5.41) is 13.4. The number of esters is 1. The smallest absolute Gasteiger partial charge is 0.346 e. The molecule has 2 aromatic carbocycles. The van der Waals surface area contributed by atoms with Crippen molar-refractivity contribution in [3.8, 4) is 11.1 Å². The molecule has 0 aliphatic rings. The first kappa shape index (κ1) is 24.7. The summed E-state index contributed by atoms with van der Waals surface area (Å²) in [6, 6.07) is 15.6. The predicted molar refractivity (Wildman–Crippen MR) is 122 cm³/mol. The molecular weight excluding hydrogens is 466 g/mol. The van der Waals surface area contributed by atoms with Crippen molar-refractivity contribution in [1.82, 2.24) is 15.6 Å². The summed E-state index contributed by atoms with van der Waals surface area (Å²) in [6.45, 7) is 1.26. The molecular formula is C23H22ClN3O7. The SMILES string of the molecule is CCC(=O)OC(CN(Cc1ccc(-c2cccc(Cl)c2)cc1)NC(=O)c1cc(=O)[nH]o1)C(=O)O. The van der Waals surface area contributed by atoms with Gasteiger partial charge >= 0.3 is 17.8 Å². The van der Waals surface area contributed by atoms with Crippen LogP contribution < -0.4 is 11.0 Å². The van der Waals surface area contributed by atoms with Gasteiger partial charge in [0, 0.05) is 18.0 Å². The summed E-state index contributed by atoms with van der Waals surface area (Å²) in [7, 11) is 0. The second-order valence-electron chi connectivity index (χ2n) is 7.28. The summed E-state index contributed by atoms with van der Waals surface area (Å²) in [5.41, 5.74) is 4.45. The van der Waals surface area contributed by atoms with Crippen molar-refractivity contribution in [2.24, 2.45) is 0 Å². The Morgan fingerprint density at radius 3 is 2.47 bits per heavy atom.